The highest BCUT2D eigenvalue weighted by Gasteiger charge is 2.10. The number of nitrogens with zero attached hydrogens (tertiary/aromatic N) is 1. The first-order valence-electron chi connectivity index (χ1n) is 6.11. The van der Waals surface area contributed by atoms with Crippen LogP contribution in [0.4, 0.5) is 5.69 Å². The molecule has 18 heavy (non-hydrogen) atoms. The molecular formula is C14H19N3S. The van der Waals surface area contributed by atoms with Crippen LogP contribution in [-0.4, -0.2) is 22.5 Å². The lowest BCUT2D eigenvalue weighted by Gasteiger charge is -2.06. The summed E-state index contributed by atoms with van der Waals surface area (Å²) in [6, 6.07) is 8.56. The lowest BCUT2D eigenvalue weighted by atomic mass is 10.1. The molecule has 0 aliphatic carbocycles. The van der Waals surface area contributed by atoms with Crippen molar-refractivity contribution in [2.75, 3.05) is 12.4 Å². The second-order valence-corrected chi connectivity index (χ2v) is 6.16. The van der Waals surface area contributed by atoms with Crippen LogP contribution in [0.25, 0.3) is 11.3 Å². The number of H-pyrrole nitrogens is 1. The maximum Gasteiger partial charge on any atom is 0.115 e. The van der Waals surface area contributed by atoms with Crippen LogP contribution in [0.1, 0.15) is 19.5 Å². The van der Waals surface area contributed by atoms with Gasteiger partial charge in [0.2, 0.25) is 0 Å². The number of aryl methyl sites for hydroxylation is 1. The Morgan fingerprint density at radius 2 is 1.89 bits per heavy atom. The Morgan fingerprint density at radius 3 is 2.44 bits per heavy atom. The van der Waals surface area contributed by atoms with Crippen molar-refractivity contribution in [3.63, 3.8) is 0 Å². The molecule has 1 heterocycles. The van der Waals surface area contributed by atoms with Crippen molar-refractivity contribution in [2.45, 2.75) is 30.9 Å². The molecule has 1 aromatic heterocycles. The lowest BCUT2D eigenvalue weighted by Crippen LogP contribution is -1.91. The molecule has 2 N–H and O–H groups in total. The van der Waals surface area contributed by atoms with Crippen molar-refractivity contribution in [3.05, 3.63) is 30.0 Å². The first-order valence-corrected chi connectivity index (χ1v) is 6.99. The Bertz CT molecular complexity index is 514. The van der Waals surface area contributed by atoms with E-state index in [1.165, 1.54) is 4.90 Å². The molecule has 0 amide bonds. The molecule has 0 saturated carbocycles. The lowest BCUT2D eigenvalue weighted by molar-refractivity contribution is 1.05. The Labute approximate surface area is 112 Å². The molecule has 3 nitrogen and oxygen atoms in total. The minimum atomic E-state index is 0.608. The van der Waals surface area contributed by atoms with E-state index >= 15 is 0 Å². The molecule has 1 aromatic carbocycles. The normalized spacial score (nSPS) is 10.9. The number of rotatable bonds is 4. The minimum Gasteiger partial charge on any atom is -0.385 e. The van der Waals surface area contributed by atoms with Crippen molar-refractivity contribution in [3.8, 4) is 11.3 Å². The van der Waals surface area contributed by atoms with E-state index in [0.29, 0.717) is 5.25 Å². The standard InChI is InChI=1S/C14H19N3S/c1-9(2)18-12-7-5-11(6-8-12)14-13(15-4)10(3)16-17-14/h5-9,15H,1-4H3,(H,16,17). The van der Waals surface area contributed by atoms with Gasteiger partial charge in [0.05, 0.1) is 11.4 Å². The third-order valence-electron chi connectivity index (χ3n) is 2.70. The summed E-state index contributed by atoms with van der Waals surface area (Å²) < 4.78 is 0. The topological polar surface area (TPSA) is 40.7 Å². The number of hydrogen-bond acceptors (Lipinski definition) is 3. The first kappa shape index (κ1) is 13.0. The third-order valence-corrected chi connectivity index (χ3v) is 3.71. The van der Waals surface area contributed by atoms with E-state index in [1.807, 2.05) is 25.7 Å². The van der Waals surface area contributed by atoms with Gasteiger partial charge in [-0.15, -0.1) is 11.8 Å². The zero-order chi connectivity index (χ0) is 13.1. The van der Waals surface area contributed by atoms with Crippen molar-refractivity contribution in [1.29, 1.82) is 0 Å². The molecule has 2 rings (SSSR count). The number of nitrogens with one attached hydrogen (secondary N) is 2. The number of thioether (sulfide) groups is 1. The molecule has 0 aliphatic rings. The Morgan fingerprint density at radius 1 is 1.22 bits per heavy atom. The SMILES string of the molecule is CNc1c(-c2ccc(SC(C)C)cc2)n[nH]c1C. The average Bonchev–Trinajstić information content (AvgIpc) is 2.70. The van der Waals surface area contributed by atoms with Crippen molar-refractivity contribution < 1.29 is 0 Å². The van der Waals surface area contributed by atoms with Crippen LogP contribution in [0.3, 0.4) is 0 Å². The maximum atomic E-state index is 4.35. The summed E-state index contributed by atoms with van der Waals surface area (Å²) in [7, 11) is 1.92. The van der Waals surface area contributed by atoms with Crippen LogP contribution in [-0.2, 0) is 0 Å². The molecule has 2 aromatic rings. The second-order valence-electron chi connectivity index (χ2n) is 4.51. The summed E-state index contributed by atoms with van der Waals surface area (Å²) in [6.07, 6.45) is 0. The molecule has 0 bridgehead atoms. The summed E-state index contributed by atoms with van der Waals surface area (Å²) in [5, 5.41) is 11.2. The molecule has 0 fully saturated rings. The summed E-state index contributed by atoms with van der Waals surface area (Å²) in [5.74, 6) is 0. The number of aromatic nitrogens is 2. The summed E-state index contributed by atoms with van der Waals surface area (Å²) >= 11 is 1.87. The third kappa shape index (κ3) is 2.70. The molecule has 0 aliphatic heterocycles. The number of benzene rings is 1. The summed E-state index contributed by atoms with van der Waals surface area (Å²) in [6.45, 7) is 6.43. The average molecular weight is 261 g/mol. The van der Waals surface area contributed by atoms with Crippen molar-refractivity contribution in [1.82, 2.24) is 10.2 Å². The van der Waals surface area contributed by atoms with Crippen molar-refractivity contribution in [2.24, 2.45) is 0 Å². The van der Waals surface area contributed by atoms with Crippen LogP contribution < -0.4 is 5.32 Å². The molecule has 0 unspecified atom stereocenters. The van der Waals surface area contributed by atoms with Gasteiger partial charge in [-0.3, -0.25) is 5.10 Å². The monoisotopic (exact) mass is 261 g/mol. The molecule has 96 valence electrons. The van der Waals surface area contributed by atoms with E-state index < -0.39 is 0 Å². The molecule has 0 saturated heterocycles. The second kappa shape index (κ2) is 5.48. The van der Waals surface area contributed by atoms with E-state index in [0.717, 1.165) is 22.6 Å². The van der Waals surface area contributed by atoms with E-state index in [2.05, 4.69) is 53.6 Å². The van der Waals surface area contributed by atoms with Crippen LogP contribution in [0.15, 0.2) is 29.2 Å². The van der Waals surface area contributed by atoms with Gasteiger partial charge in [0.15, 0.2) is 0 Å². The van der Waals surface area contributed by atoms with Crippen LogP contribution in [0, 0.1) is 6.92 Å². The highest BCUT2D eigenvalue weighted by Crippen LogP contribution is 2.30. The Hall–Kier alpha value is -1.42. The summed E-state index contributed by atoms with van der Waals surface area (Å²) in [4.78, 5) is 1.30. The predicted molar refractivity (Wildman–Crippen MR) is 79.3 cm³/mol. The van der Waals surface area contributed by atoms with Crippen molar-refractivity contribution >= 4 is 17.4 Å². The van der Waals surface area contributed by atoms with Gasteiger partial charge < -0.3 is 5.32 Å². The van der Waals surface area contributed by atoms with Gasteiger partial charge in [0.1, 0.15) is 5.69 Å². The largest absolute Gasteiger partial charge is 0.385 e. The van der Waals surface area contributed by atoms with Gasteiger partial charge >= 0.3 is 0 Å². The predicted octanol–water partition coefficient (Wildman–Crippen LogP) is 3.93. The van der Waals surface area contributed by atoms with Crippen LogP contribution in [0.2, 0.25) is 0 Å². The molecule has 4 heteroatoms. The van der Waals surface area contributed by atoms with Crippen LogP contribution in [0.5, 0.6) is 0 Å². The van der Waals surface area contributed by atoms with Gasteiger partial charge in [-0.2, -0.15) is 5.10 Å². The first-order chi connectivity index (χ1) is 8.61. The van der Waals surface area contributed by atoms with Gasteiger partial charge in [-0.1, -0.05) is 26.0 Å². The fourth-order valence-corrected chi connectivity index (χ4v) is 2.75. The summed E-state index contributed by atoms with van der Waals surface area (Å²) in [5.41, 5.74) is 4.25. The minimum absolute atomic E-state index is 0.608. The quantitative estimate of drug-likeness (QED) is 0.819. The number of hydrogen-bond donors (Lipinski definition) is 2. The van der Waals surface area contributed by atoms with Gasteiger partial charge in [-0.05, 0) is 19.1 Å². The zero-order valence-electron chi connectivity index (χ0n) is 11.2. The number of aromatic amines is 1. The van der Waals surface area contributed by atoms with Gasteiger partial charge in [-0.25, -0.2) is 0 Å². The fraction of sp³-hybridized carbons (Fsp3) is 0.357. The molecular weight excluding hydrogens is 242 g/mol. The highest BCUT2D eigenvalue weighted by atomic mass is 32.2. The smallest absolute Gasteiger partial charge is 0.115 e. The Kier molecular flexibility index (Phi) is 3.97. The molecule has 0 radical (unpaired) electrons. The van der Waals surface area contributed by atoms with E-state index in [9.17, 15) is 0 Å². The van der Waals surface area contributed by atoms with E-state index in [1.54, 1.807) is 0 Å². The molecule has 0 spiro atoms. The maximum absolute atomic E-state index is 4.35. The van der Waals surface area contributed by atoms with Gasteiger partial charge in [0, 0.05) is 22.8 Å². The highest BCUT2D eigenvalue weighted by molar-refractivity contribution is 7.99. The van der Waals surface area contributed by atoms with Crippen LogP contribution >= 0.6 is 11.8 Å². The Balaban J connectivity index is 2.28. The number of anilines is 1. The fourth-order valence-electron chi connectivity index (χ4n) is 1.91. The van der Waals surface area contributed by atoms with E-state index in [4.69, 9.17) is 0 Å². The van der Waals surface area contributed by atoms with E-state index in [-0.39, 0.29) is 0 Å². The zero-order valence-corrected chi connectivity index (χ0v) is 12.1. The van der Waals surface area contributed by atoms with Gasteiger partial charge in [0.25, 0.3) is 0 Å². The molecule has 0 atom stereocenters.